The molecule has 1 aromatic heterocycles. The standard InChI is InChI=1S/C35H45ClF3N7O3S/c1-42-25-2-3-26(42)19-27(18-25)43-9-11-45(12-10-43)33(48)23(14-21-15-28(35(37,38)39)31(40)29(36)16-21)17-30(47)44-7-4-24(5-8-44)46-20-22-6-13-50-32(22)41-34(46)49/h6,13,15-16,23-27H,2-5,7-12,14,17-20,40H2,1H3,(H,41,49)/t23-,25?,26?,27?/m0/s1. The van der Waals surface area contributed by atoms with Gasteiger partial charge in [0.2, 0.25) is 11.8 Å². The summed E-state index contributed by atoms with van der Waals surface area (Å²) in [5, 5.41) is 5.55. The van der Waals surface area contributed by atoms with Crippen LogP contribution in [0.4, 0.5) is 28.7 Å². The van der Waals surface area contributed by atoms with Crippen LogP contribution in [0.1, 0.15) is 61.6 Å². The Balaban J connectivity index is 1.02. The molecule has 7 rings (SSSR count). The number of anilines is 2. The van der Waals surface area contributed by atoms with Crippen molar-refractivity contribution in [1.29, 1.82) is 0 Å². The quantitative estimate of drug-likeness (QED) is 0.372. The summed E-state index contributed by atoms with van der Waals surface area (Å²) in [6.07, 6.45) is 1.01. The van der Waals surface area contributed by atoms with Crippen molar-refractivity contribution in [2.45, 2.75) is 88.3 Å². The number of amides is 4. The van der Waals surface area contributed by atoms with Crippen LogP contribution in [-0.4, -0.2) is 113 Å². The average molecular weight is 736 g/mol. The zero-order valence-corrected chi connectivity index (χ0v) is 29.8. The normalized spacial score (nSPS) is 25.8. The predicted octanol–water partition coefficient (Wildman–Crippen LogP) is 5.36. The van der Waals surface area contributed by atoms with E-state index in [1.165, 1.54) is 30.2 Å². The molecule has 4 amide bonds. The molecule has 2 aromatic rings. The number of hydrogen-bond donors (Lipinski definition) is 2. The van der Waals surface area contributed by atoms with Crippen LogP contribution >= 0.6 is 22.9 Å². The van der Waals surface area contributed by atoms with Crippen molar-refractivity contribution in [2.24, 2.45) is 5.92 Å². The topological polar surface area (TPSA) is 105 Å². The van der Waals surface area contributed by atoms with Gasteiger partial charge in [0.05, 0.1) is 28.7 Å². The molecule has 272 valence electrons. The number of likely N-dealkylation sites (tertiary alicyclic amines) is 1. The molecule has 3 atom stereocenters. The molecule has 15 heteroatoms. The lowest BCUT2D eigenvalue weighted by atomic mass is 9.91. The summed E-state index contributed by atoms with van der Waals surface area (Å²) >= 11 is 7.66. The molecule has 0 spiro atoms. The van der Waals surface area contributed by atoms with E-state index in [0.29, 0.717) is 63.7 Å². The third-order valence-electron chi connectivity index (χ3n) is 11.8. The molecule has 2 bridgehead atoms. The second kappa shape index (κ2) is 14.2. The molecular weight excluding hydrogens is 691 g/mol. The Morgan fingerprint density at radius 3 is 2.32 bits per heavy atom. The minimum absolute atomic E-state index is 0.0294. The number of carbonyl (C=O) groups excluding carboxylic acids is 3. The summed E-state index contributed by atoms with van der Waals surface area (Å²) in [5.74, 6) is -1.31. The minimum atomic E-state index is -4.72. The molecule has 3 N–H and O–H groups in total. The lowest BCUT2D eigenvalue weighted by Crippen LogP contribution is -2.56. The summed E-state index contributed by atoms with van der Waals surface area (Å²) in [6.45, 7) is 3.86. The number of piperidine rings is 2. The first-order chi connectivity index (χ1) is 23.9. The highest BCUT2D eigenvalue weighted by Gasteiger charge is 2.42. The van der Waals surface area contributed by atoms with Gasteiger partial charge in [-0.2, -0.15) is 13.2 Å². The Morgan fingerprint density at radius 1 is 0.980 bits per heavy atom. The molecule has 0 aliphatic carbocycles. The van der Waals surface area contributed by atoms with Crippen molar-refractivity contribution in [1.82, 2.24) is 24.5 Å². The number of thiophene rings is 1. The van der Waals surface area contributed by atoms with Gasteiger partial charge in [-0.25, -0.2) is 4.79 Å². The summed E-state index contributed by atoms with van der Waals surface area (Å²) in [4.78, 5) is 51.1. The van der Waals surface area contributed by atoms with Crippen molar-refractivity contribution in [3.8, 4) is 0 Å². The number of urea groups is 1. The van der Waals surface area contributed by atoms with Gasteiger partial charge in [-0.05, 0) is 81.1 Å². The first-order valence-corrected chi connectivity index (χ1v) is 18.9. The number of nitrogens with one attached hydrogen (secondary N) is 1. The lowest BCUT2D eigenvalue weighted by molar-refractivity contribution is -0.143. The average Bonchev–Trinajstić information content (AvgIpc) is 3.61. The molecule has 4 fully saturated rings. The number of halogens is 4. The van der Waals surface area contributed by atoms with Crippen molar-refractivity contribution >= 4 is 51.5 Å². The van der Waals surface area contributed by atoms with E-state index in [4.69, 9.17) is 17.3 Å². The number of piperazine rings is 1. The van der Waals surface area contributed by atoms with Gasteiger partial charge in [-0.1, -0.05) is 11.6 Å². The van der Waals surface area contributed by atoms with E-state index < -0.39 is 23.3 Å². The van der Waals surface area contributed by atoms with Crippen LogP contribution in [0.2, 0.25) is 5.02 Å². The number of carbonyl (C=O) groups is 3. The predicted molar refractivity (Wildman–Crippen MR) is 187 cm³/mol. The Labute approximate surface area is 299 Å². The third kappa shape index (κ3) is 7.18. The van der Waals surface area contributed by atoms with E-state index in [1.807, 2.05) is 16.3 Å². The van der Waals surface area contributed by atoms with Crippen LogP contribution in [0.15, 0.2) is 23.6 Å². The van der Waals surface area contributed by atoms with Crippen LogP contribution < -0.4 is 11.1 Å². The van der Waals surface area contributed by atoms with Gasteiger partial charge in [0.15, 0.2) is 0 Å². The molecule has 0 radical (unpaired) electrons. The zero-order valence-electron chi connectivity index (χ0n) is 28.3. The number of fused-ring (bicyclic) bond motifs is 3. The van der Waals surface area contributed by atoms with E-state index in [-0.39, 0.29) is 47.3 Å². The van der Waals surface area contributed by atoms with Gasteiger partial charge in [-0.3, -0.25) is 19.8 Å². The van der Waals surface area contributed by atoms with Gasteiger partial charge in [-0.15, -0.1) is 11.3 Å². The van der Waals surface area contributed by atoms with Crippen LogP contribution in [0.3, 0.4) is 0 Å². The van der Waals surface area contributed by atoms with Crippen LogP contribution in [0.25, 0.3) is 0 Å². The van der Waals surface area contributed by atoms with Crippen LogP contribution in [-0.2, 0) is 28.7 Å². The number of nitrogen functional groups attached to an aromatic ring is 1. The van der Waals surface area contributed by atoms with Crippen molar-refractivity contribution in [3.63, 3.8) is 0 Å². The number of benzene rings is 1. The van der Waals surface area contributed by atoms with E-state index in [9.17, 15) is 27.6 Å². The number of nitrogens with zero attached hydrogens (tertiary/aromatic N) is 5. The van der Waals surface area contributed by atoms with Crippen LogP contribution in [0.5, 0.6) is 0 Å². The van der Waals surface area contributed by atoms with Gasteiger partial charge in [0.25, 0.3) is 0 Å². The van der Waals surface area contributed by atoms with E-state index in [2.05, 4.69) is 22.2 Å². The maximum atomic E-state index is 14.2. The molecule has 1 aromatic carbocycles. The zero-order chi connectivity index (χ0) is 35.3. The van der Waals surface area contributed by atoms with Gasteiger partial charge in [0.1, 0.15) is 5.00 Å². The van der Waals surface area contributed by atoms with Crippen molar-refractivity contribution in [2.75, 3.05) is 57.4 Å². The highest BCUT2D eigenvalue weighted by Crippen LogP contribution is 2.39. The summed E-state index contributed by atoms with van der Waals surface area (Å²) in [5.41, 5.74) is 5.38. The minimum Gasteiger partial charge on any atom is -0.397 e. The summed E-state index contributed by atoms with van der Waals surface area (Å²) < 4.78 is 41.5. The fourth-order valence-electron chi connectivity index (χ4n) is 8.86. The highest BCUT2D eigenvalue weighted by atomic mass is 35.5. The second-order valence-corrected chi connectivity index (χ2v) is 15.9. The third-order valence-corrected chi connectivity index (χ3v) is 13.0. The number of nitrogens with two attached hydrogens (primary N) is 1. The molecule has 50 heavy (non-hydrogen) atoms. The molecule has 10 nitrogen and oxygen atoms in total. The van der Waals surface area contributed by atoms with Gasteiger partial charge in [0, 0.05) is 75.4 Å². The maximum Gasteiger partial charge on any atom is 0.418 e. The van der Waals surface area contributed by atoms with Gasteiger partial charge < -0.3 is 25.3 Å². The Kier molecular flexibility index (Phi) is 10.0. The molecule has 6 heterocycles. The van der Waals surface area contributed by atoms with Crippen molar-refractivity contribution in [3.05, 3.63) is 45.3 Å². The van der Waals surface area contributed by atoms with Crippen LogP contribution in [0, 0.1) is 5.92 Å². The molecule has 4 saturated heterocycles. The fourth-order valence-corrected chi connectivity index (χ4v) is 9.90. The molecule has 0 saturated carbocycles. The molecule has 5 aliphatic heterocycles. The monoisotopic (exact) mass is 735 g/mol. The number of hydrogen-bond acceptors (Lipinski definition) is 7. The first kappa shape index (κ1) is 35.3. The largest absolute Gasteiger partial charge is 0.418 e. The molecule has 2 unspecified atom stereocenters. The molecular formula is C35H45ClF3N7O3S. The second-order valence-electron chi connectivity index (χ2n) is 14.6. The smallest absolute Gasteiger partial charge is 0.397 e. The lowest BCUT2D eigenvalue weighted by Gasteiger charge is -2.45. The Bertz CT molecular complexity index is 1590. The maximum absolute atomic E-state index is 14.2. The SMILES string of the molecule is CN1C2CCC1CC(N1CCN(C(=O)[C@H](CC(=O)N3CCC(N4Cc5ccsc5NC4=O)CC3)Cc3cc(Cl)c(N)c(C(F)(F)F)c3)CC1)C2. The van der Waals surface area contributed by atoms with Gasteiger partial charge >= 0.3 is 12.2 Å². The first-order valence-electron chi connectivity index (χ1n) is 17.7. The summed E-state index contributed by atoms with van der Waals surface area (Å²) in [7, 11) is 2.22. The Morgan fingerprint density at radius 2 is 1.66 bits per heavy atom. The fraction of sp³-hybridized carbons (Fsp3) is 0.629. The highest BCUT2D eigenvalue weighted by molar-refractivity contribution is 7.14. The van der Waals surface area contributed by atoms with Crippen molar-refractivity contribution < 1.29 is 27.6 Å². The molecule has 5 aliphatic rings. The number of rotatable bonds is 7. The van der Waals surface area contributed by atoms with E-state index in [1.54, 1.807) is 9.80 Å². The number of alkyl halides is 3. The van der Waals surface area contributed by atoms with E-state index in [0.717, 1.165) is 42.6 Å². The Hall–Kier alpha value is -3.07. The summed E-state index contributed by atoms with van der Waals surface area (Å²) in [6, 6.07) is 5.87. The van der Waals surface area contributed by atoms with E-state index >= 15 is 0 Å².